The Morgan fingerprint density at radius 1 is 1.15 bits per heavy atom. The highest BCUT2D eigenvalue weighted by atomic mass is 31.1. The quantitative estimate of drug-likeness (QED) is 0.272. The summed E-state index contributed by atoms with van der Waals surface area (Å²) in [7, 11) is 0.219. The van der Waals surface area contributed by atoms with Gasteiger partial charge in [0.05, 0.1) is 0 Å². The van der Waals surface area contributed by atoms with Gasteiger partial charge >= 0.3 is 0 Å². The molecular weight excluding hydrogens is 259 g/mol. The average Bonchev–Trinajstić information content (AvgIpc) is 2.44. The van der Waals surface area contributed by atoms with Gasteiger partial charge in [-0.15, -0.1) is 13.2 Å². The highest BCUT2D eigenvalue weighted by Gasteiger charge is 2.50. The number of rotatable bonds is 8. The van der Waals surface area contributed by atoms with Crippen molar-refractivity contribution in [2.75, 3.05) is 6.16 Å². The second kappa shape index (κ2) is 7.79. The van der Waals surface area contributed by atoms with Crippen LogP contribution >= 0.6 is 7.92 Å². The zero-order valence-electron chi connectivity index (χ0n) is 13.4. The molecule has 0 radical (unpaired) electrons. The molecule has 0 saturated carbocycles. The predicted octanol–water partition coefficient (Wildman–Crippen LogP) is 6.51. The molecule has 0 aliphatic carbocycles. The molecule has 2 fully saturated rings. The molecule has 114 valence electrons. The van der Waals surface area contributed by atoms with E-state index in [9.17, 15) is 0 Å². The van der Waals surface area contributed by atoms with Crippen LogP contribution in [0.5, 0.6) is 0 Å². The molecular formula is C19H33P. The molecule has 0 spiro atoms. The van der Waals surface area contributed by atoms with E-state index in [0.717, 1.165) is 11.6 Å². The van der Waals surface area contributed by atoms with Crippen LogP contribution in [0, 0.1) is 5.92 Å². The Hall–Kier alpha value is -0.0900. The van der Waals surface area contributed by atoms with Crippen molar-refractivity contribution in [3.05, 3.63) is 25.3 Å². The van der Waals surface area contributed by atoms with Gasteiger partial charge in [-0.3, -0.25) is 0 Å². The van der Waals surface area contributed by atoms with Crippen molar-refractivity contribution in [2.24, 2.45) is 5.92 Å². The Labute approximate surface area is 127 Å². The molecule has 0 amide bonds. The van der Waals surface area contributed by atoms with Crippen molar-refractivity contribution in [2.45, 2.75) is 81.9 Å². The number of hydrogen-bond acceptors (Lipinski definition) is 0. The molecule has 0 nitrogen and oxygen atoms in total. The molecule has 2 heterocycles. The minimum Gasteiger partial charge on any atom is -0.103 e. The smallest absolute Gasteiger partial charge is 0.00264 e. The summed E-state index contributed by atoms with van der Waals surface area (Å²) in [6.45, 7) is 10.5. The number of fused-ring (bicyclic) bond motifs is 2. The van der Waals surface area contributed by atoms with Gasteiger partial charge in [-0.1, -0.05) is 46.3 Å². The molecule has 1 heteroatoms. The third kappa shape index (κ3) is 3.22. The molecule has 0 N–H and O–H groups in total. The Kier molecular flexibility index (Phi) is 6.34. The van der Waals surface area contributed by atoms with E-state index in [1.165, 1.54) is 70.4 Å². The Morgan fingerprint density at radius 2 is 2.00 bits per heavy atom. The normalized spacial score (nSPS) is 36.5. The second-order valence-electron chi connectivity index (χ2n) is 6.84. The summed E-state index contributed by atoms with van der Waals surface area (Å²) < 4.78 is 0. The van der Waals surface area contributed by atoms with Gasteiger partial charge in [0.25, 0.3) is 0 Å². The summed E-state index contributed by atoms with van der Waals surface area (Å²) in [5.41, 5.74) is 1.08. The van der Waals surface area contributed by atoms with E-state index in [-0.39, 0.29) is 7.92 Å². The van der Waals surface area contributed by atoms with Crippen LogP contribution in [0.1, 0.15) is 71.1 Å². The Balaban J connectivity index is 2.18. The molecule has 20 heavy (non-hydrogen) atoms. The minimum atomic E-state index is 0.219. The van der Waals surface area contributed by atoms with Crippen LogP contribution in [0.15, 0.2) is 25.3 Å². The summed E-state index contributed by atoms with van der Waals surface area (Å²) in [5.74, 6) is 0.905. The predicted molar refractivity (Wildman–Crippen MR) is 94.0 cm³/mol. The van der Waals surface area contributed by atoms with E-state index in [1.54, 1.807) is 0 Å². The van der Waals surface area contributed by atoms with Crippen LogP contribution in [0.2, 0.25) is 0 Å². The number of allylic oxidation sites excluding steroid dienone is 2. The molecule has 4 atom stereocenters. The van der Waals surface area contributed by atoms with E-state index in [1.807, 2.05) is 0 Å². The van der Waals surface area contributed by atoms with E-state index >= 15 is 0 Å². The molecule has 0 aromatic rings. The number of hydrogen-bond donors (Lipinski definition) is 0. The molecule has 4 unspecified atom stereocenters. The lowest BCUT2D eigenvalue weighted by atomic mass is 9.76. The molecule has 2 bridgehead atoms. The molecule has 2 aliphatic heterocycles. The molecule has 0 aromatic carbocycles. The van der Waals surface area contributed by atoms with Gasteiger partial charge in [0, 0.05) is 0 Å². The van der Waals surface area contributed by atoms with Gasteiger partial charge in [-0.05, 0) is 67.8 Å². The SMILES string of the molecule is C=CCC1CCC2CCCC1(CC=C)P2CCCCC. The second-order valence-corrected chi connectivity index (χ2v) is 9.85. The highest BCUT2D eigenvalue weighted by Crippen LogP contribution is 2.70. The van der Waals surface area contributed by atoms with Crippen LogP contribution < -0.4 is 0 Å². The molecule has 2 saturated heterocycles. The van der Waals surface area contributed by atoms with Crippen LogP contribution in [-0.2, 0) is 0 Å². The Bertz CT molecular complexity index is 322. The lowest BCUT2D eigenvalue weighted by Crippen LogP contribution is -2.46. The van der Waals surface area contributed by atoms with Gasteiger partial charge < -0.3 is 0 Å². The summed E-state index contributed by atoms with van der Waals surface area (Å²) in [6.07, 6.45) is 20.2. The van der Waals surface area contributed by atoms with Crippen LogP contribution in [0.3, 0.4) is 0 Å². The van der Waals surface area contributed by atoms with Gasteiger partial charge in [-0.2, -0.15) is 0 Å². The fraction of sp³-hybridized carbons (Fsp3) is 0.789. The minimum absolute atomic E-state index is 0.219. The van der Waals surface area contributed by atoms with Crippen LogP contribution in [0.25, 0.3) is 0 Å². The van der Waals surface area contributed by atoms with Gasteiger partial charge in [0.15, 0.2) is 0 Å². The van der Waals surface area contributed by atoms with E-state index in [4.69, 9.17) is 0 Å². The lowest BCUT2D eigenvalue weighted by molar-refractivity contribution is 0.266. The van der Waals surface area contributed by atoms with Crippen molar-refractivity contribution in [3.8, 4) is 0 Å². The summed E-state index contributed by atoms with van der Waals surface area (Å²) in [6, 6.07) is 0. The van der Waals surface area contributed by atoms with Crippen molar-refractivity contribution in [1.29, 1.82) is 0 Å². The molecule has 2 aliphatic rings. The first kappa shape index (κ1) is 16.3. The zero-order valence-corrected chi connectivity index (χ0v) is 14.3. The summed E-state index contributed by atoms with van der Waals surface area (Å²) in [4.78, 5) is 0. The summed E-state index contributed by atoms with van der Waals surface area (Å²) >= 11 is 0. The van der Waals surface area contributed by atoms with E-state index < -0.39 is 0 Å². The van der Waals surface area contributed by atoms with E-state index in [2.05, 4.69) is 32.2 Å². The van der Waals surface area contributed by atoms with Crippen LogP contribution in [-0.4, -0.2) is 17.0 Å². The first-order chi connectivity index (χ1) is 9.78. The van der Waals surface area contributed by atoms with Crippen molar-refractivity contribution >= 4 is 7.92 Å². The maximum atomic E-state index is 4.11. The van der Waals surface area contributed by atoms with E-state index in [0.29, 0.717) is 5.16 Å². The zero-order chi connectivity index (χ0) is 14.4. The maximum Gasteiger partial charge on any atom is -0.00264 e. The van der Waals surface area contributed by atoms with Gasteiger partial charge in [-0.25, -0.2) is 0 Å². The molecule has 0 aromatic heterocycles. The van der Waals surface area contributed by atoms with Gasteiger partial charge in [0.2, 0.25) is 0 Å². The monoisotopic (exact) mass is 292 g/mol. The van der Waals surface area contributed by atoms with Crippen molar-refractivity contribution in [3.63, 3.8) is 0 Å². The lowest BCUT2D eigenvalue weighted by Gasteiger charge is -2.57. The highest BCUT2D eigenvalue weighted by molar-refractivity contribution is 7.60. The Morgan fingerprint density at radius 3 is 2.70 bits per heavy atom. The third-order valence-electron chi connectivity index (χ3n) is 5.72. The maximum absolute atomic E-state index is 4.11. The van der Waals surface area contributed by atoms with Crippen molar-refractivity contribution < 1.29 is 0 Å². The summed E-state index contributed by atoms with van der Waals surface area (Å²) in [5, 5.41) is 0.639. The largest absolute Gasteiger partial charge is 0.103 e. The fourth-order valence-electron chi connectivity index (χ4n) is 4.82. The van der Waals surface area contributed by atoms with Crippen LogP contribution in [0.4, 0.5) is 0 Å². The topological polar surface area (TPSA) is 0 Å². The average molecular weight is 292 g/mol. The van der Waals surface area contributed by atoms with Crippen molar-refractivity contribution in [1.82, 2.24) is 0 Å². The standard InChI is InChI=1S/C19H33P/c1-4-7-8-16-20-18-11-9-15-19(20,14-6-3)17(10-5-2)12-13-18/h5-6,17-18H,2-4,7-16H2,1H3. The number of unbranched alkanes of at least 4 members (excludes halogenated alkanes) is 2. The molecule has 2 rings (SSSR count). The first-order valence-electron chi connectivity index (χ1n) is 8.77. The fourth-order valence-corrected chi connectivity index (χ4v) is 9.39. The first-order valence-corrected chi connectivity index (χ1v) is 10.4. The van der Waals surface area contributed by atoms with Gasteiger partial charge in [0.1, 0.15) is 0 Å². The third-order valence-corrected chi connectivity index (χ3v) is 9.83.